The second-order valence-corrected chi connectivity index (χ2v) is 12.3. The van der Waals surface area contributed by atoms with Crippen LogP contribution >= 0.6 is 15.9 Å². The van der Waals surface area contributed by atoms with Gasteiger partial charge in [0.15, 0.2) is 0 Å². The molecule has 0 heterocycles. The first kappa shape index (κ1) is 22.4. The molecule has 3 saturated carbocycles. The molecule has 172 valence electrons. The molecule has 32 heavy (non-hydrogen) atoms. The van der Waals surface area contributed by atoms with Crippen LogP contribution < -0.4 is 0 Å². The van der Waals surface area contributed by atoms with Crippen LogP contribution in [0.15, 0.2) is 42.0 Å². The first-order valence-electron chi connectivity index (χ1n) is 12.4. The van der Waals surface area contributed by atoms with Gasteiger partial charge in [-0.1, -0.05) is 59.6 Å². The number of hydrogen-bond donors (Lipinski definition) is 0. The van der Waals surface area contributed by atoms with Gasteiger partial charge in [0.05, 0.1) is 5.56 Å². The number of ketones is 1. The van der Waals surface area contributed by atoms with E-state index < -0.39 is 0 Å². The summed E-state index contributed by atoms with van der Waals surface area (Å²) in [5, 5.41) is 0. The van der Waals surface area contributed by atoms with Crippen LogP contribution in [0, 0.1) is 34.5 Å². The number of esters is 1. The summed E-state index contributed by atoms with van der Waals surface area (Å²) in [4.78, 5) is 25.4. The van der Waals surface area contributed by atoms with Crippen molar-refractivity contribution in [3.8, 4) is 0 Å². The molecule has 0 bridgehead atoms. The van der Waals surface area contributed by atoms with E-state index >= 15 is 0 Å². The number of fused-ring (bicyclic) bond motifs is 5. The molecular weight excluding hydrogens is 464 g/mol. The lowest BCUT2D eigenvalue weighted by atomic mass is 9.47. The Bertz CT molecular complexity index is 939. The summed E-state index contributed by atoms with van der Waals surface area (Å²) in [5.74, 6) is 2.26. The van der Waals surface area contributed by atoms with E-state index in [-0.39, 0.29) is 28.8 Å². The highest BCUT2D eigenvalue weighted by Crippen LogP contribution is 2.67. The lowest BCUT2D eigenvalue weighted by Crippen LogP contribution is -2.54. The largest absolute Gasteiger partial charge is 0.458 e. The Kier molecular flexibility index (Phi) is 5.67. The highest BCUT2D eigenvalue weighted by atomic mass is 79.9. The fourth-order valence-corrected chi connectivity index (χ4v) is 9.19. The number of benzene rings is 1. The summed E-state index contributed by atoms with van der Waals surface area (Å²) in [5.41, 5.74) is 2.44. The second-order valence-electron chi connectivity index (χ2n) is 11.3. The summed E-state index contributed by atoms with van der Waals surface area (Å²) >= 11 is 4.07. The normalized spacial score (nSPS) is 42.8. The molecule has 0 N–H and O–H groups in total. The third kappa shape index (κ3) is 3.43. The maximum Gasteiger partial charge on any atom is 0.338 e. The van der Waals surface area contributed by atoms with Gasteiger partial charge >= 0.3 is 5.97 Å². The molecule has 3 nitrogen and oxygen atoms in total. The predicted octanol–water partition coefficient (Wildman–Crippen LogP) is 6.75. The third-order valence-electron chi connectivity index (χ3n) is 9.82. The molecule has 4 aliphatic rings. The Morgan fingerprint density at radius 3 is 2.47 bits per heavy atom. The molecule has 1 aromatic rings. The smallest absolute Gasteiger partial charge is 0.338 e. The van der Waals surface area contributed by atoms with Crippen LogP contribution in [0.5, 0.6) is 0 Å². The van der Waals surface area contributed by atoms with E-state index in [1.54, 1.807) is 6.92 Å². The number of Topliss-reactive ketones (excluding diaryl/α,β-unsaturated/α-hetero) is 1. The molecular formula is C28H35BrO3. The van der Waals surface area contributed by atoms with E-state index in [0.29, 0.717) is 33.9 Å². The van der Waals surface area contributed by atoms with Crippen LogP contribution in [-0.4, -0.2) is 22.7 Å². The number of hydrogen-bond acceptors (Lipinski definition) is 3. The van der Waals surface area contributed by atoms with Gasteiger partial charge in [-0.25, -0.2) is 4.79 Å². The van der Waals surface area contributed by atoms with Gasteiger partial charge in [-0.3, -0.25) is 4.79 Å². The molecule has 6 unspecified atom stereocenters. The maximum atomic E-state index is 12.6. The van der Waals surface area contributed by atoms with Crippen LogP contribution in [-0.2, 0) is 9.53 Å². The van der Waals surface area contributed by atoms with Crippen molar-refractivity contribution in [2.75, 3.05) is 0 Å². The van der Waals surface area contributed by atoms with Crippen molar-refractivity contribution in [2.24, 2.45) is 34.5 Å². The molecule has 0 spiro atoms. The molecule has 0 aliphatic heterocycles. The Hall–Kier alpha value is -1.42. The molecule has 1 aromatic carbocycles. The van der Waals surface area contributed by atoms with E-state index in [1.807, 2.05) is 30.3 Å². The summed E-state index contributed by atoms with van der Waals surface area (Å²) < 4.78 is 5.94. The van der Waals surface area contributed by atoms with E-state index in [1.165, 1.54) is 18.4 Å². The van der Waals surface area contributed by atoms with Gasteiger partial charge in [-0.15, -0.1) is 0 Å². The Balaban J connectivity index is 1.37. The summed E-state index contributed by atoms with van der Waals surface area (Å²) in [6.45, 7) is 6.66. The van der Waals surface area contributed by atoms with Gasteiger partial charge in [0.1, 0.15) is 11.9 Å². The Labute approximate surface area is 200 Å². The maximum absolute atomic E-state index is 12.6. The minimum Gasteiger partial charge on any atom is -0.458 e. The van der Waals surface area contributed by atoms with Gasteiger partial charge in [-0.05, 0) is 86.2 Å². The van der Waals surface area contributed by atoms with Crippen LogP contribution in [0.1, 0.15) is 76.1 Å². The SMILES string of the molecule is CC(=O)C1CCC2C3C(Br)C=C4CC(OC(=O)c5ccccc5)CC[C@]4(C)C3CC[C@]12C. The Morgan fingerprint density at radius 2 is 1.75 bits per heavy atom. The molecule has 4 heteroatoms. The van der Waals surface area contributed by atoms with Crippen LogP contribution in [0.2, 0.25) is 0 Å². The monoisotopic (exact) mass is 498 g/mol. The van der Waals surface area contributed by atoms with E-state index in [9.17, 15) is 9.59 Å². The molecule has 0 saturated heterocycles. The molecule has 0 radical (unpaired) electrons. The highest BCUT2D eigenvalue weighted by Gasteiger charge is 2.61. The second kappa shape index (κ2) is 8.11. The summed E-state index contributed by atoms with van der Waals surface area (Å²) in [7, 11) is 0. The van der Waals surface area contributed by atoms with E-state index in [4.69, 9.17) is 4.74 Å². The first-order valence-corrected chi connectivity index (χ1v) is 13.3. The van der Waals surface area contributed by atoms with Gasteiger partial charge < -0.3 is 4.74 Å². The topological polar surface area (TPSA) is 43.4 Å². The number of ether oxygens (including phenoxy) is 1. The Morgan fingerprint density at radius 1 is 1.00 bits per heavy atom. The van der Waals surface area contributed by atoms with Gasteiger partial charge in [-0.2, -0.15) is 0 Å². The number of halogens is 1. The van der Waals surface area contributed by atoms with Crippen molar-refractivity contribution in [3.05, 3.63) is 47.5 Å². The number of rotatable bonds is 3. The van der Waals surface area contributed by atoms with Crippen molar-refractivity contribution in [3.63, 3.8) is 0 Å². The van der Waals surface area contributed by atoms with Crippen LogP contribution in [0.4, 0.5) is 0 Å². The van der Waals surface area contributed by atoms with Crippen LogP contribution in [0.25, 0.3) is 0 Å². The van der Waals surface area contributed by atoms with Crippen LogP contribution in [0.3, 0.4) is 0 Å². The number of carbonyl (C=O) groups is 2. The standard InChI is InChI=1S/C28H35BrO3/c1-17(30)21-9-10-22-25-23(12-14-28(21,22)3)27(2)13-11-20(15-19(27)16-24(25)29)32-26(31)18-7-5-4-6-8-18/h4-8,16,20-25H,9-15H2,1-3H3/t20?,21?,22?,23?,24?,25?,27-,28+/m0/s1. The zero-order valence-corrected chi connectivity index (χ0v) is 21.1. The highest BCUT2D eigenvalue weighted by molar-refractivity contribution is 9.09. The van der Waals surface area contributed by atoms with Crippen molar-refractivity contribution < 1.29 is 14.3 Å². The lowest BCUT2D eigenvalue weighted by Gasteiger charge is -2.59. The average molecular weight is 499 g/mol. The molecule has 3 fully saturated rings. The lowest BCUT2D eigenvalue weighted by molar-refractivity contribution is -0.127. The number of allylic oxidation sites excluding steroid dienone is 1. The minimum absolute atomic E-state index is 0.0410. The fourth-order valence-electron chi connectivity index (χ4n) is 8.13. The first-order chi connectivity index (χ1) is 15.2. The molecule has 5 rings (SSSR count). The van der Waals surface area contributed by atoms with Crippen molar-refractivity contribution in [1.82, 2.24) is 0 Å². The van der Waals surface area contributed by atoms with Gasteiger partial charge in [0, 0.05) is 17.2 Å². The zero-order valence-electron chi connectivity index (χ0n) is 19.5. The molecule has 4 aliphatic carbocycles. The zero-order chi connectivity index (χ0) is 22.7. The van der Waals surface area contributed by atoms with Gasteiger partial charge in [0.25, 0.3) is 0 Å². The van der Waals surface area contributed by atoms with Crippen molar-refractivity contribution >= 4 is 27.7 Å². The third-order valence-corrected chi connectivity index (χ3v) is 10.7. The minimum atomic E-state index is -0.210. The average Bonchev–Trinajstić information content (AvgIpc) is 3.13. The molecule has 0 amide bonds. The predicted molar refractivity (Wildman–Crippen MR) is 130 cm³/mol. The quantitative estimate of drug-likeness (QED) is 0.262. The fraction of sp³-hybridized carbons (Fsp3) is 0.643. The van der Waals surface area contributed by atoms with E-state index in [0.717, 1.165) is 32.1 Å². The summed E-state index contributed by atoms with van der Waals surface area (Å²) in [6.07, 6.45) is 9.87. The number of carbonyl (C=O) groups excluding carboxylic acids is 2. The van der Waals surface area contributed by atoms with E-state index in [2.05, 4.69) is 35.9 Å². The summed E-state index contributed by atoms with van der Waals surface area (Å²) in [6, 6.07) is 9.32. The van der Waals surface area contributed by atoms with Crippen molar-refractivity contribution in [1.29, 1.82) is 0 Å². The number of alkyl halides is 1. The molecule has 8 atom stereocenters. The molecule has 0 aromatic heterocycles. The van der Waals surface area contributed by atoms with Gasteiger partial charge in [0.2, 0.25) is 0 Å². The van der Waals surface area contributed by atoms with Crippen molar-refractivity contribution in [2.45, 2.75) is 76.6 Å².